The van der Waals surface area contributed by atoms with Crippen molar-refractivity contribution in [2.45, 2.75) is 38.9 Å². The van der Waals surface area contributed by atoms with Gasteiger partial charge in [-0.15, -0.1) is 0 Å². The zero-order chi connectivity index (χ0) is 17.3. The van der Waals surface area contributed by atoms with Gasteiger partial charge < -0.3 is 14.4 Å². The normalized spacial score (nSPS) is 18.8. The standard InChI is InChI=1S/C20H24ClNO2/c1-20(2)11-15-9-18(23-3)19(24-4)10-16(15)13-22(20)12-14-7-5-6-8-17(14)21/h5-10H,11-13H2,1-4H3/p+1. The van der Waals surface area contributed by atoms with Gasteiger partial charge in [0.1, 0.15) is 13.1 Å². The third kappa shape index (κ3) is 3.24. The summed E-state index contributed by atoms with van der Waals surface area (Å²) in [6.07, 6.45) is 1.00. The lowest BCUT2D eigenvalue weighted by atomic mass is 9.85. The first-order chi connectivity index (χ1) is 11.4. The summed E-state index contributed by atoms with van der Waals surface area (Å²) in [6.45, 7) is 6.51. The Hall–Kier alpha value is -1.71. The summed E-state index contributed by atoms with van der Waals surface area (Å²) < 4.78 is 10.9. The van der Waals surface area contributed by atoms with Crippen molar-refractivity contribution in [2.75, 3.05) is 14.2 Å². The van der Waals surface area contributed by atoms with Crippen molar-refractivity contribution in [2.24, 2.45) is 0 Å². The minimum atomic E-state index is 0.131. The Balaban J connectivity index is 1.93. The van der Waals surface area contributed by atoms with Crippen molar-refractivity contribution in [1.29, 1.82) is 0 Å². The Morgan fingerprint density at radius 2 is 1.67 bits per heavy atom. The molecule has 0 aromatic heterocycles. The first kappa shape index (κ1) is 17.1. The fraction of sp³-hybridized carbons (Fsp3) is 0.400. The van der Waals surface area contributed by atoms with Gasteiger partial charge in [-0.25, -0.2) is 0 Å². The predicted octanol–water partition coefficient (Wildman–Crippen LogP) is 3.28. The number of nitrogens with one attached hydrogen (secondary N) is 1. The van der Waals surface area contributed by atoms with E-state index in [2.05, 4.69) is 38.1 Å². The van der Waals surface area contributed by atoms with E-state index < -0.39 is 0 Å². The fourth-order valence-electron chi connectivity index (χ4n) is 3.54. The van der Waals surface area contributed by atoms with Gasteiger partial charge in [-0.1, -0.05) is 29.8 Å². The molecule has 24 heavy (non-hydrogen) atoms. The van der Waals surface area contributed by atoms with E-state index in [-0.39, 0.29) is 5.54 Å². The van der Waals surface area contributed by atoms with Crippen molar-refractivity contribution in [1.82, 2.24) is 0 Å². The molecule has 0 amide bonds. The van der Waals surface area contributed by atoms with E-state index in [0.717, 1.165) is 36.0 Å². The minimum absolute atomic E-state index is 0.131. The molecule has 0 bridgehead atoms. The Bertz CT molecular complexity index is 742. The second-order valence-corrected chi connectivity index (χ2v) is 7.49. The Labute approximate surface area is 149 Å². The number of hydrogen-bond acceptors (Lipinski definition) is 2. The van der Waals surface area contributed by atoms with Gasteiger partial charge in [0, 0.05) is 22.6 Å². The smallest absolute Gasteiger partial charge is 0.161 e. The van der Waals surface area contributed by atoms with Crippen LogP contribution < -0.4 is 14.4 Å². The molecule has 0 saturated heterocycles. The highest BCUT2D eigenvalue weighted by Gasteiger charge is 2.37. The molecule has 1 unspecified atom stereocenters. The Kier molecular flexibility index (Phi) is 4.75. The molecule has 3 rings (SSSR count). The number of halogens is 1. The SMILES string of the molecule is COc1cc2c(cc1OC)CC(C)(C)[NH+](Cc1ccccc1Cl)C2. The summed E-state index contributed by atoms with van der Waals surface area (Å²) in [5.74, 6) is 1.61. The van der Waals surface area contributed by atoms with Crippen LogP contribution in [-0.2, 0) is 19.5 Å². The highest BCUT2D eigenvalue weighted by atomic mass is 35.5. The zero-order valence-corrected chi connectivity index (χ0v) is 15.5. The zero-order valence-electron chi connectivity index (χ0n) is 14.8. The van der Waals surface area contributed by atoms with E-state index in [1.54, 1.807) is 14.2 Å². The van der Waals surface area contributed by atoms with Crippen LogP contribution in [0.15, 0.2) is 36.4 Å². The van der Waals surface area contributed by atoms with E-state index in [1.165, 1.54) is 21.6 Å². The third-order valence-corrected chi connectivity index (χ3v) is 5.43. The fourth-order valence-corrected chi connectivity index (χ4v) is 3.74. The monoisotopic (exact) mass is 346 g/mol. The first-order valence-corrected chi connectivity index (χ1v) is 8.65. The van der Waals surface area contributed by atoms with E-state index in [1.807, 2.05) is 12.1 Å². The molecule has 1 aliphatic heterocycles. The molecule has 2 aromatic carbocycles. The average Bonchev–Trinajstić information content (AvgIpc) is 2.56. The van der Waals surface area contributed by atoms with Crippen molar-refractivity contribution in [3.8, 4) is 11.5 Å². The van der Waals surface area contributed by atoms with E-state index in [0.29, 0.717) is 0 Å². The van der Waals surface area contributed by atoms with Gasteiger partial charge in [0.2, 0.25) is 0 Å². The second-order valence-electron chi connectivity index (χ2n) is 7.09. The maximum Gasteiger partial charge on any atom is 0.161 e. The minimum Gasteiger partial charge on any atom is -0.493 e. The van der Waals surface area contributed by atoms with E-state index >= 15 is 0 Å². The topological polar surface area (TPSA) is 22.9 Å². The molecule has 4 heteroatoms. The molecule has 2 aromatic rings. The highest BCUT2D eigenvalue weighted by molar-refractivity contribution is 6.31. The largest absolute Gasteiger partial charge is 0.493 e. The van der Waals surface area contributed by atoms with Gasteiger partial charge in [-0.2, -0.15) is 0 Å². The average molecular weight is 347 g/mol. The molecule has 0 spiro atoms. The van der Waals surface area contributed by atoms with Crippen LogP contribution in [-0.4, -0.2) is 19.8 Å². The molecule has 1 aliphatic rings. The predicted molar refractivity (Wildman–Crippen MR) is 97.2 cm³/mol. The van der Waals surface area contributed by atoms with Gasteiger partial charge in [0.05, 0.1) is 19.8 Å². The van der Waals surface area contributed by atoms with E-state index in [9.17, 15) is 0 Å². The van der Waals surface area contributed by atoms with Gasteiger partial charge in [0.25, 0.3) is 0 Å². The Morgan fingerprint density at radius 1 is 1.04 bits per heavy atom. The van der Waals surface area contributed by atoms with Crippen LogP contribution in [0.1, 0.15) is 30.5 Å². The van der Waals surface area contributed by atoms with Crippen LogP contribution in [0.5, 0.6) is 11.5 Å². The Morgan fingerprint density at radius 3 is 2.29 bits per heavy atom. The lowest BCUT2D eigenvalue weighted by Gasteiger charge is -2.40. The van der Waals surface area contributed by atoms with Crippen LogP contribution in [0, 0.1) is 0 Å². The van der Waals surface area contributed by atoms with Crippen LogP contribution in [0.2, 0.25) is 5.02 Å². The van der Waals surface area contributed by atoms with E-state index in [4.69, 9.17) is 21.1 Å². The molecule has 3 nitrogen and oxygen atoms in total. The van der Waals surface area contributed by atoms with Gasteiger partial charge in [-0.05, 0) is 37.6 Å². The number of hydrogen-bond donors (Lipinski definition) is 1. The molecule has 0 aliphatic carbocycles. The number of rotatable bonds is 4. The van der Waals surface area contributed by atoms with Gasteiger partial charge in [0.15, 0.2) is 11.5 Å². The van der Waals surface area contributed by atoms with Crippen LogP contribution >= 0.6 is 11.6 Å². The van der Waals surface area contributed by atoms with Crippen molar-refractivity contribution >= 4 is 11.6 Å². The number of ether oxygens (including phenoxy) is 2. The van der Waals surface area contributed by atoms with Crippen molar-refractivity contribution < 1.29 is 14.4 Å². The number of methoxy groups -OCH3 is 2. The lowest BCUT2D eigenvalue weighted by molar-refractivity contribution is -0.977. The summed E-state index contributed by atoms with van der Waals surface area (Å²) in [6, 6.07) is 12.4. The van der Waals surface area contributed by atoms with Crippen LogP contribution in [0.25, 0.3) is 0 Å². The number of fused-ring (bicyclic) bond motifs is 1. The summed E-state index contributed by atoms with van der Waals surface area (Å²) in [4.78, 5) is 1.51. The molecular weight excluding hydrogens is 322 g/mol. The van der Waals surface area contributed by atoms with Gasteiger partial charge in [-0.3, -0.25) is 0 Å². The quantitative estimate of drug-likeness (QED) is 0.918. The van der Waals surface area contributed by atoms with Crippen molar-refractivity contribution in [3.05, 3.63) is 58.1 Å². The number of quaternary nitrogens is 1. The van der Waals surface area contributed by atoms with Crippen molar-refractivity contribution in [3.63, 3.8) is 0 Å². The highest BCUT2D eigenvalue weighted by Crippen LogP contribution is 2.33. The molecule has 1 atom stereocenters. The second kappa shape index (κ2) is 6.66. The third-order valence-electron chi connectivity index (χ3n) is 5.06. The van der Waals surface area contributed by atoms with Crippen LogP contribution in [0.4, 0.5) is 0 Å². The van der Waals surface area contributed by atoms with Crippen LogP contribution in [0.3, 0.4) is 0 Å². The molecular formula is C20H25ClNO2+. The maximum atomic E-state index is 6.37. The molecule has 0 radical (unpaired) electrons. The molecule has 1 heterocycles. The molecule has 0 fully saturated rings. The summed E-state index contributed by atoms with van der Waals surface area (Å²) in [7, 11) is 3.37. The molecule has 1 N–H and O–H groups in total. The summed E-state index contributed by atoms with van der Waals surface area (Å²) >= 11 is 6.37. The maximum absolute atomic E-state index is 6.37. The first-order valence-electron chi connectivity index (χ1n) is 8.27. The summed E-state index contributed by atoms with van der Waals surface area (Å²) in [5.41, 5.74) is 4.01. The molecule has 0 saturated carbocycles. The number of benzene rings is 2. The molecule has 128 valence electrons. The lowest BCUT2D eigenvalue weighted by Crippen LogP contribution is -3.18. The van der Waals surface area contributed by atoms with Gasteiger partial charge >= 0.3 is 0 Å². The summed E-state index contributed by atoms with van der Waals surface area (Å²) in [5, 5.41) is 0.846.